The summed E-state index contributed by atoms with van der Waals surface area (Å²) in [4.78, 5) is 8.95. The number of nitrogens with zero attached hydrogens (tertiary/aromatic N) is 3. The van der Waals surface area contributed by atoms with E-state index in [1.807, 2.05) is 12.1 Å². The highest BCUT2D eigenvalue weighted by Gasteiger charge is 2.16. The van der Waals surface area contributed by atoms with Crippen molar-refractivity contribution >= 4 is 22.8 Å². The smallest absolute Gasteiger partial charge is 0.160 e. The molecular weight excluding hydrogens is 234 g/mol. The third kappa shape index (κ3) is 2.44. The lowest BCUT2D eigenvalue weighted by Gasteiger charge is -2.18. The maximum Gasteiger partial charge on any atom is 0.160 e. The highest BCUT2D eigenvalue weighted by Crippen LogP contribution is 2.24. The van der Waals surface area contributed by atoms with Gasteiger partial charge in [0, 0.05) is 12.2 Å². The first-order valence-electron chi connectivity index (χ1n) is 6.01. The largest absolute Gasteiger partial charge is 0.309 e. The number of alkyl halides is 1. The Morgan fingerprint density at radius 1 is 1.35 bits per heavy atom. The second-order valence-electron chi connectivity index (χ2n) is 4.86. The standard InChI is InChI=1S/C13H18ClN3/c1-9(2)7-10(3)17-12(8-14)16-11-5-4-6-15-13(11)17/h4-6,9-10H,7-8H2,1-3H3. The predicted octanol–water partition coefficient (Wildman–Crippen LogP) is 3.78. The fourth-order valence-corrected chi connectivity index (χ4v) is 2.51. The van der Waals surface area contributed by atoms with E-state index >= 15 is 0 Å². The van der Waals surface area contributed by atoms with Gasteiger partial charge in [0.15, 0.2) is 5.65 Å². The average molecular weight is 252 g/mol. The molecule has 2 aromatic rings. The van der Waals surface area contributed by atoms with Crippen LogP contribution in [-0.2, 0) is 5.88 Å². The van der Waals surface area contributed by atoms with E-state index in [0.717, 1.165) is 23.4 Å². The molecule has 1 unspecified atom stereocenters. The predicted molar refractivity (Wildman–Crippen MR) is 71.3 cm³/mol. The van der Waals surface area contributed by atoms with Crippen molar-refractivity contribution in [3.8, 4) is 0 Å². The molecule has 0 N–H and O–H groups in total. The molecule has 0 radical (unpaired) electrons. The molecule has 0 spiro atoms. The van der Waals surface area contributed by atoms with Crippen molar-refractivity contribution in [2.24, 2.45) is 5.92 Å². The maximum atomic E-state index is 5.97. The number of hydrogen-bond donors (Lipinski definition) is 0. The SMILES string of the molecule is CC(C)CC(C)n1c(CCl)nc2cccnc21. The molecule has 0 saturated heterocycles. The van der Waals surface area contributed by atoms with E-state index in [1.165, 1.54) is 0 Å². The van der Waals surface area contributed by atoms with Crippen LogP contribution in [0, 0.1) is 5.92 Å². The molecule has 1 atom stereocenters. The van der Waals surface area contributed by atoms with Crippen molar-refractivity contribution in [1.82, 2.24) is 14.5 Å². The molecule has 0 aliphatic heterocycles. The zero-order valence-electron chi connectivity index (χ0n) is 10.5. The summed E-state index contributed by atoms with van der Waals surface area (Å²) < 4.78 is 2.17. The molecule has 0 aromatic carbocycles. The fourth-order valence-electron chi connectivity index (χ4n) is 2.32. The van der Waals surface area contributed by atoms with Gasteiger partial charge in [0.2, 0.25) is 0 Å². The third-order valence-corrected chi connectivity index (χ3v) is 3.13. The second kappa shape index (κ2) is 5.05. The van der Waals surface area contributed by atoms with Crippen LogP contribution in [0.2, 0.25) is 0 Å². The minimum atomic E-state index is 0.378. The molecule has 92 valence electrons. The molecule has 0 aliphatic rings. The Bertz CT molecular complexity index is 504. The first kappa shape index (κ1) is 12.4. The van der Waals surface area contributed by atoms with Crippen LogP contribution in [0.5, 0.6) is 0 Å². The number of pyridine rings is 1. The molecule has 0 bridgehead atoms. The molecule has 2 aromatic heterocycles. The van der Waals surface area contributed by atoms with Gasteiger partial charge in [-0.15, -0.1) is 11.6 Å². The van der Waals surface area contributed by atoms with Crippen LogP contribution >= 0.6 is 11.6 Å². The van der Waals surface area contributed by atoms with Gasteiger partial charge >= 0.3 is 0 Å². The van der Waals surface area contributed by atoms with Crippen molar-refractivity contribution in [3.63, 3.8) is 0 Å². The summed E-state index contributed by atoms with van der Waals surface area (Å²) in [6.07, 6.45) is 2.91. The quantitative estimate of drug-likeness (QED) is 0.775. The van der Waals surface area contributed by atoms with Gasteiger partial charge in [-0.05, 0) is 31.4 Å². The molecule has 0 saturated carbocycles. The monoisotopic (exact) mass is 251 g/mol. The Balaban J connectivity index is 2.49. The molecule has 2 heterocycles. The lowest BCUT2D eigenvalue weighted by molar-refractivity contribution is 0.427. The van der Waals surface area contributed by atoms with Gasteiger partial charge in [0.1, 0.15) is 11.3 Å². The van der Waals surface area contributed by atoms with Gasteiger partial charge < -0.3 is 4.57 Å². The summed E-state index contributed by atoms with van der Waals surface area (Å²) in [6, 6.07) is 4.27. The van der Waals surface area contributed by atoms with Crippen molar-refractivity contribution in [1.29, 1.82) is 0 Å². The number of halogens is 1. The van der Waals surface area contributed by atoms with Crippen LogP contribution in [0.1, 0.15) is 39.1 Å². The number of rotatable bonds is 4. The maximum absolute atomic E-state index is 5.97. The molecule has 17 heavy (non-hydrogen) atoms. The first-order chi connectivity index (χ1) is 8.13. The summed E-state index contributed by atoms with van der Waals surface area (Å²) in [5.41, 5.74) is 1.87. The van der Waals surface area contributed by atoms with Gasteiger partial charge in [-0.3, -0.25) is 0 Å². The Kier molecular flexibility index (Phi) is 3.67. The number of hydrogen-bond acceptors (Lipinski definition) is 2. The number of aromatic nitrogens is 3. The Morgan fingerprint density at radius 3 is 2.76 bits per heavy atom. The van der Waals surface area contributed by atoms with Gasteiger partial charge in [-0.2, -0.15) is 0 Å². The summed E-state index contributed by atoms with van der Waals surface area (Å²) in [5.74, 6) is 1.99. The van der Waals surface area contributed by atoms with E-state index in [2.05, 4.69) is 35.3 Å². The Labute approximate surface area is 107 Å². The number of imidazole rings is 1. The average Bonchev–Trinajstić information content (AvgIpc) is 2.66. The molecule has 0 aliphatic carbocycles. The lowest BCUT2D eigenvalue weighted by atomic mass is 10.1. The van der Waals surface area contributed by atoms with Gasteiger partial charge in [-0.1, -0.05) is 13.8 Å². The van der Waals surface area contributed by atoms with Crippen molar-refractivity contribution in [2.45, 2.75) is 39.1 Å². The zero-order chi connectivity index (χ0) is 12.4. The zero-order valence-corrected chi connectivity index (χ0v) is 11.3. The molecule has 0 fully saturated rings. The minimum Gasteiger partial charge on any atom is -0.309 e. The normalized spacial score (nSPS) is 13.5. The number of fused-ring (bicyclic) bond motifs is 1. The van der Waals surface area contributed by atoms with Gasteiger partial charge in [0.05, 0.1) is 5.88 Å². The van der Waals surface area contributed by atoms with E-state index in [-0.39, 0.29) is 0 Å². The summed E-state index contributed by atoms with van der Waals surface area (Å²) in [6.45, 7) is 6.65. The van der Waals surface area contributed by atoms with Crippen molar-refractivity contribution in [3.05, 3.63) is 24.2 Å². The lowest BCUT2D eigenvalue weighted by Crippen LogP contribution is -2.11. The Hall–Kier alpha value is -1.09. The third-order valence-electron chi connectivity index (χ3n) is 2.89. The van der Waals surface area contributed by atoms with Crippen LogP contribution in [0.4, 0.5) is 0 Å². The van der Waals surface area contributed by atoms with E-state index in [4.69, 9.17) is 11.6 Å². The molecular formula is C13H18ClN3. The topological polar surface area (TPSA) is 30.7 Å². The molecule has 2 rings (SSSR count). The second-order valence-corrected chi connectivity index (χ2v) is 5.12. The highest BCUT2D eigenvalue weighted by atomic mass is 35.5. The van der Waals surface area contributed by atoms with Gasteiger partial charge in [-0.25, -0.2) is 9.97 Å². The summed E-state index contributed by atoms with van der Waals surface area (Å²) >= 11 is 5.97. The summed E-state index contributed by atoms with van der Waals surface area (Å²) in [5, 5.41) is 0. The van der Waals surface area contributed by atoms with E-state index in [1.54, 1.807) is 6.20 Å². The molecule has 0 amide bonds. The van der Waals surface area contributed by atoms with E-state index in [0.29, 0.717) is 17.8 Å². The first-order valence-corrected chi connectivity index (χ1v) is 6.54. The van der Waals surface area contributed by atoms with Crippen LogP contribution in [0.25, 0.3) is 11.2 Å². The van der Waals surface area contributed by atoms with Crippen molar-refractivity contribution in [2.75, 3.05) is 0 Å². The highest BCUT2D eigenvalue weighted by molar-refractivity contribution is 6.16. The van der Waals surface area contributed by atoms with Crippen LogP contribution in [0.15, 0.2) is 18.3 Å². The fraction of sp³-hybridized carbons (Fsp3) is 0.538. The molecule has 4 heteroatoms. The Morgan fingerprint density at radius 2 is 2.12 bits per heavy atom. The minimum absolute atomic E-state index is 0.378. The van der Waals surface area contributed by atoms with E-state index in [9.17, 15) is 0 Å². The van der Waals surface area contributed by atoms with Crippen molar-refractivity contribution < 1.29 is 0 Å². The van der Waals surface area contributed by atoms with Crippen LogP contribution in [0.3, 0.4) is 0 Å². The van der Waals surface area contributed by atoms with E-state index < -0.39 is 0 Å². The van der Waals surface area contributed by atoms with Crippen LogP contribution in [-0.4, -0.2) is 14.5 Å². The summed E-state index contributed by atoms with van der Waals surface area (Å²) in [7, 11) is 0. The molecule has 3 nitrogen and oxygen atoms in total. The van der Waals surface area contributed by atoms with Crippen LogP contribution < -0.4 is 0 Å². The van der Waals surface area contributed by atoms with Gasteiger partial charge in [0.25, 0.3) is 0 Å².